The predicted octanol–water partition coefficient (Wildman–Crippen LogP) is 1.01. The van der Waals surface area contributed by atoms with Gasteiger partial charge in [-0.25, -0.2) is 15.4 Å². The summed E-state index contributed by atoms with van der Waals surface area (Å²) in [4.78, 5) is 19.0. The minimum absolute atomic E-state index is 0. The van der Waals surface area contributed by atoms with Crippen molar-refractivity contribution in [3.63, 3.8) is 0 Å². The molecule has 0 radical (unpaired) electrons. The van der Waals surface area contributed by atoms with Gasteiger partial charge in [0.15, 0.2) is 6.61 Å². The number of amides is 1. The Bertz CT molecular complexity index is 589. The largest absolute Gasteiger partial charge is 0.484 e. The number of nitrogens with zero attached hydrogens (tertiary/aromatic N) is 3. The summed E-state index contributed by atoms with van der Waals surface area (Å²) in [6, 6.07) is 9.05. The molecule has 2 aromatic rings. The zero-order chi connectivity index (χ0) is 14.2. The van der Waals surface area contributed by atoms with Crippen LogP contribution < -0.4 is 15.9 Å². The van der Waals surface area contributed by atoms with E-state index in [2.05, 4.69) is 20.5 Å². The van der Waals surface area contributed by atoms with Gasteiger partial charge in [0.25, 0.3) is 5.91 Å². The Morgan fingerprint density at radius 2 is 1.95 bits per heavy atom. The molecule has 0 aliphatic rings. The number of benzene rings is 1. The standard InChI is InChI=1S/C13H13N5O2.ClH/c14-13-15-6-10(7-16-13)8-17-18-12(19)9-20-11-4-2-1-3-5-11;/h1-8H,9H2,(H,18,19)(H2,14,15,16);1H/b17-8-;. The average Bonchev–Trinajstić information content (AvgIpc) is 2.48. The lowest BCUT2D eigenvalue weighted by molar-refractivity contribution is -0.123. The lowest BCUT2D eigenvalue weighted by Crippen LogP contribution is -2.24. The summed E-state index contributed by atoms with van der Waals surface area (Å²) < 4.78 is 5.26. The summed E-state index contributed by atoms with van der Waals surface area (Å²) in [6.45, 7) is -0.112. The number of nitrogens with two attached hydrogens (primary N) is 1. The molecular weight excluding hydrogens is 294 g/mol. The van der Waals surface area contributed by atoms with Crippen LogP contribution in [0.3, 0.4) is 0 Å². The van der Waals surface area contributed by atoms with Gasteiger partial charge in [-0.05, 0) is 12.1 Å². The highest BCUT2D eigenvalue weighted by Crippen LogP contribution is 2.07. The molecule has 0 aliphatic carbocycles. The van der Waals surface area contributed by atoms with Crippen molar-refractivity contribution in [2.75, 3.05) is 12.3 Å². The summed E-state index contributed by atoms with van der Waals surface area (Å²) in [5.74, 6) is 0.447. The number of hydrogen-bond donors (Lipinski definition) is 2. The van der Waals surface area contributed by atoms with Crippen LogP contribution in [0.5, 0.6) is 5.75 Å². The smallest absolute Gasteiger partial charge is 0.277 e. The topological polar surface area (TPSA) is 102 Å². The quantitative estimate of drug-likeness (QED) is 0.634. The number of carbonyl (C=O) groups excluding carboxylic acids is 1. The number of hydrazone groups is 1. The van der Waals surface area contributed by atoms with Crippen LogP contribution in [0.25, 0.3) is 0 Å². The molecule has 2 rings (SSSR count). The molecule has 3 N–H and O–H groups in total. The number of nitrogens with one attached hydrogen (secondary N) is 1. The normalized spacial score (nSPS) is 9.90. The van der Waals surface area contributed by atoms with Gasteiger partial charge >= 0.3 is 0 Å². The summed E-state index contributed by atoms with van der Waals surface area (Å²) in [5, 5.41) is 3.76. The molecule has 0 saturated carbocycles. The third-order valence-electron chi connectivity index (χ3n) is 2.21. The molecule has 8 heteroatoms. The zero-order valence-corrected chi connectivity index (χ0v) is 11.8. The Morgan fingerprint density at radius 1 is 1.29 bits per heavy atom. The fourth-order valence-corrected chi connectivity index (χ4v) is 1.29. The maximum atomic E-state index is 11.5. The van der Waals surface area contributed by atoms with Crippen molar-refractivity contribution in [3.8, 4) is 5.75 Å². The first-order chi connectivity index (χ1) is 9.74. The number of carbonyl (C=O) groups is 1. The number of nitrogen functional groups attached to an aromatic ring is 1. The van der Waals surface area contributed by atoms with E-state index in [-0.39, 0.29) is 30.9 Å². The number of anilines is 1. The van der Waals surface area contributed by atoms with Gasteiger partial charge in [0.1, 0.15) is 5.75 Å². The molecule has 1 heterocycles. The molecule has 0 unspecified atom stereocenters. The summed E-state index contributed by atoms with van der Waals surface area (Å²) in [7, 11) is 0. The second kappa shape index (κ2) is 8.49. The van der Waals surface area contributed by atoms with Crippen LogP contribution in [-0.2, 0) is 4.79 Å². The summed E-state index contributed by atoms with van der Waals surface area (Å²) >= 11 is 0. The van der Waals surface area contributed by atoms with E-state index in [4.69, 9.17) is 10.5 Å². The van der Waals surface area contributed by atoms with Gasteiger partial charge in [-0.1, -0.05) is 18.2 Å². The van der Waals surface area contributed by atoms with Gasteiger partial charge in [-0.3, -0.25) is 4.79 Å². The average molecular weight is 308 g/mol. The van der Waals surface area contributed by atoms with Crippen LogP contribution >= 0.6 is 12.4 Å². The van der Waals surface area contributed by atoms with E-state index in [1.54, 1.807) is 12.1 Å². The molecule has 21 heavy (non-hydrogen) atoms. The molecule has 7 nitrogen and oxygen atoms in total. The molecule has 0 bridgehead atoms. The van der Waals surface area contributed by atoms with Crippen molar-refractivity contribution in [1.82, 2.24) is 15.4 Å². The number of hydrogen-bond acceptors (Lipinski definition) is 6. The second-order valence-corrected chi connectivity index (χ2v) is 3.77. The van der Waals surface area contributed by atoms with E-state index >= 15 is 0 Å². The molecule has 0 saturated heterocycles. The Labute approximate surface area is 127 Å². The van der Waals surface area contributed by atoms with Gasteiger partial charge in [0.2, 0.25) is 5.95 Å². The van der Waals surface area contributed by atoms with Gasteiger partial charge in [0.05, 0.1) is 6.21 Å². The maximum absolute atomic E-state index is 11.5. The molecule has 1 aromatic heterocycles. The molecular formula is C13H14ClN5O2. The fraction of sp³-hybridized carbons (Fsp3) is 0.0769. The van der Waals surface area contributed by atoms with Crippen LogP contribution in [-0.4, -0.2) is 28.7 Å². The van der Waals surface area contributed by atoms with Crippen molar-refractivity contribution in [3.05, 3.63) is 48.3 Å². The van der Waals surface area contributed by atoms with Crippen LogP contribution in [0, 0.1) is 0 Å². The fourth-order valence-electron chi connectivity index (χ4n) is 1.29. The predicted molar refractivity (Wildman–Crippen MR) is 81.4 cm³/mol. The molecule has 0 atom stereocenters. The van der Waals surface area contributed by atoms with E-state index in [0.717, 1.165) is 0 Å². The van der Waals surface area contributed by atoms with Gasteiger partial charge in [0, 0.05) is 18.0 Å². The SMILES string of the molecule is Cl.Nc1ncc(/C=N\NC(=O)COc2ccccc2)cn1. The Kier molecular flexibility index (Phi) is 6.62. The van der Waals surface area contributed by atoms with E-state index in [9.17, 15) is 4.79 Å². The monoisotopic (exact) mass is 307 g/mol. The molecule has 0 aliphatic heterocycles. The summed E-state index contributed by atoms with van der Waals surface area (Å²) in [6.07, 6.45) is 4.41. The number of ether oxygens (including phenoxy) is 1. The van der Waals surface area contributed by atoms with Gasteiger partial charge < -0.3 is 10.5 Å². The van der Waals surface area contributed by atoms with Crippen LogP contribution in [0.4, 0.5) is 5.95 Å². The first-order valence-corrected chi connectivity index (χ1v) is 5.81. The van der Waals surface area contributed by atoms with E-state index in [1.165, 1.54) is 18.6 Å². The van der Waals surface area contributed by atoms with Crippen molar-refractivity contribution >= 4 is 30.5 Å². The van der Waals surface area contributed by atoms with Crippen molar-refractivity contribution in [2.24, 2.45) is 5.10 Å². The number of aromatic nitrogens is 2. The highest BCUT2D eigenvalue weighted by atomic mass is 35.5. The lowest BCUT2D eigenvalue weighted by atomic mass is 10.3. The molecule has 110 valence electrons. The van der Waals surface area contributed by atoms with Crippen LogP contribution in [0.15, 0.2) is 47.8 Å². The summed E-state index contributed by atoms with van der Waals surface area (Å²) in [5.41, 5.74) is 8.31. The number of halogens is 1. The minimum atomic E-state index is -0.360. The van der Waals surface area contributed by atoms with Crippen molar-refractivity contribution < 1.29 is 9.53 Å². The van der Waals surface area contributed by atoms with Gasteiger partial charge in [-0.2, -0.15) is 5.10 Å². The molecule has 0 spiro atoms. The third kappa shape index (κ3) is 5.87. The number of rotatable bonds is 5. The van der Waals surface area contributed by atoms with E-state index in [0.29, 0.717) is 11.3 Å². The zero-order valence-electron chi connectivity index (χ0n) is 11.0. The third-order valence-corrected chi connectivity index (χ3v) is 2.21. The highest BCUT2D eigenvalue weighted by Gasteiger charge is 2.00. The Morgan fingerprint density at radius 3 is 2.62 bits per heavy atom. The van der Waals surface area contributed by atoms with E-state index in [1.807, 2.05) is 18.2 Å². The van der Waals surface area contributed by atoms with Crippen molar-refractivity contribution in [2.45, 2.75) is 0 Å². The molecule has 1 aromatic carbocycles. The van der Waals surface area contributed by atoms with Crippen LogP contribution in [0.2, 0.25) is 0 Å². The van der Waals surface area contributed by atoms with Crippen molar-refractivity contribution in [1.29, 1.82) is 0 Å². The number of para-hydroxylation sites is 1. The first kappa shape index (κ1) is 16.4. The van der Waals surface area contributed by atoms with Gasteiger partial charge in [-0.15, -0.1) is 12.4 Å². The highest BCUT2D eigenvalue weighted by molar-refractivity contribution is 5.85. The van der Waals surface area contributed by atoms with Crippen LogP contribution in [0.1, 0.15) is 5.56 Å². The molecule has 0 fully saturated rings. The lowest BCUT2D eigenvalue weighted by Gasteiger charge is -2.03. The minimum Gasteiger partial charge on any atom is -0.484 e. The molecule has 1 amide bonds. The maximum Gasteiger partial charge on any atom is 0.277 e. The first-order valence-electron chi connectivity index (χ1n) is 5.81. The second-order valence-electron chi connectivity index (χ2n) is 3.77. The Hall–Kier alpha value is -2.67. The van der Waals surface area contributed by atoms with E-state index < -0.39 is 0 Å². The Balaban J connectivity index is 0.00000220.